The van der Waals surface area contributed by atoms with Gasteiger partial charge in [0.25, 0.3) is 11.3 Å². The number of methoxy groups -OCH3 is 3. The molecule has 5 aromatic rings. The highest BCUT2D eigenvalue weighted by Crippen LogP contribution is 2.45. The first-order valence-electron chi connectivity index (χ1n) is 21.3. The van der Waals surface area contributed by atoms with Gasteiger partial charge in [-0.25, -0.2) is 17.4 Å². The minimum absolute atomic E-state index is 0.0184. The summed E-state index contributed by atoms with van der Waals surface area (Å²) in [5.74, 6) is 1.84. The molecule has 4 aromatic carbocycles. The molecule has 1 aliphatic carbocycles. The number of nitrogens with two attached hydrogens (primary N) is 1. The van der Waals surface area contributed by atoms with Gasteiger partial charge in [0, 0.05) is 32.2 Å². The second-order valence-electron chi connectivity index (χ2n) is 17.0. The summed E-state index contributed by atoms with van der Waals surface area (Å²) in [7, 11) is -0.0596. The number of rotatable bonds is 16. The fraction of sp³-hybridized carbons (Fsp3) is 0.391. The molecule has 0 radical (unpaired) electrons. The van der Waals surface area contributed by atoms with Gasteiger partial charge in [0.2, 0.25) is 15.8 Å². The minimum atomic E-state index is -4.74. The van der Waals surface area contributed by atoms with Crippen molar-refractivity contribution in [2.24, 2.45) is 5.73 Å². The summed E-state index contributed by atoms with van der Waals surface area (Å²) < 4.78 is 81.8. The highest BCUT2D eigenvalue weighted by molar-refractivity contribution is 7.89. The Morgan fingerprint density at radius 3 is 1.95 bits per heavy atom. The van der Waals surface area contributed by atoms with Crippen LogP contribution in [-0.2, 0) is 45.7 Å². The highest BCUT2D eigenvalue weighted by atomic mass is 32.2. The van der Waals surface area contributed by atoms with Crippen molar-refractivity contribution in [2.45, 2.75) is 88.7 Å². The second kappa shape index (κ2) is 20.1. The summed E-state index contributed by atoms with van der Waals surface area (Å²) in [6, 6.07) is 23.7. The number of ether oxygens (including phenoxy) is 4. The van der Waals surface area contributed by atoms with Crippen LogP contribution in [0.5, 0.6) is 17.2 Å². The van der Waals surface area contributed by atoms with Crippen LogP contribution in [0.2, 0.25) is 0 Å². The van der Waals surface area contributed by atoms with Crippen molar-refractivity contribution < 1.29 is 40.9 Å². The van der Waals surface area contributed by atoms with Gasteiger partial charge in [0.15, 0.2) is 0 Å². The van der Waals surface area contributed by atoms with E-state index in [0.29, 0.717) is 40.4 Å². The van der Waals surface area contributed by atoms with E-state index in [1.54, 1.807) is 103 Å². The summed E-state index contributed by atoms with van der Waals surface area (Å²) in [6.07, 6.45) is 3.62. The molecule has 0 bridgehead atoms. The first kappa shape index (κ1) is 47.1. The van der Waals surface area contributed by atoms with E-state index in [4.69, 9.17) is 29.8 Å². The van der Waals surface area contributed by atoms with E-state index in [0.717, 1.165) is 28.3 Å². The molecule has 1 aliphatic heterocycles. The van der Waals surface area contributed by atoms with Crippen molar-refractivity contribution in [2.75, 3.05) is 38.7 Å². The zero-order valence-corrected chi connectivity index (χ0v) is 39.0. The number of carbonyl (C=O) groups is 1. The lowest BCUT2D eigenvalue weighted by Crippen LogP contribution is -2.42. The standard InChI is InChI=1S/C46H56N8O9S2/c1-46(2,3)63-45(55)51-25-24-36(30-51)54(64(56)57)41-23-22-40(34-8-7-9-35(47)26-34)42(44-48-50-53(49-44)29-33-14-20-39(62-6)21-15-33)43(41)65(58,59)52(27-31-10-16-37(60-4)17-11-31)28-32-12-18-38(61-5)19-13-32/h10-23,26,35-36H,7-9,24-25,27-30,47H2,1-6H3,(H,56,57)/t35-,36-/m1/s1. The van der Waals surface area contributed by atoms with E-state index >= 15 is 8.42 Å². The molecule has 17 nitrogen and oxygen atoms in total. The molecule has 0 spiro atoms. The maximum atomic E-state index is 16.2. The number of likely N-dealkylation sites (tertiary alicyclic amines) is 1. The molecule has 1 saturated heterocycles. The summed E-state index contributed by atoms with van der Waals surface area (Å²) in [4.78, 5) is 15.8. The van der Waals surface area contributed by atoms with Gasteiger partial charge < -0.3 is 29.6 Å². The number of hydrogen-bond donors (Lipinski definition) is 2. The number of anilines is 1. The molecule has 3 N–H and O–H groups in total. The molecule has 1 fully saturated rings. The molecule has 19 heteroatoms. The maximum Gasteiger partial charge on any atom is 0.410 e. The van der Waals surface area contributed by atoms with E-state index < -0.39 is 39.0 Å². The van der Waals surface area contributed by atoms with E-state index in [1.165, 1.54) is 14.0 Å². The van der Waals surface area contributed by atoms with Crippen LogP contribution in [0.1, 0.15) is 68.7 Å². The fourth-order valence-electron chi connectivity index (χ4n) is 8.04. The van der Waals surface area contributed by atoms with Crippen molar-refractivity contribution >= 4 is 38.6 Å². The molecular formula is C46H56N8O9S2. The van der Waals surface area contributed by atoms with Crippen LogP contribution in [-0.4, -0.2) is 105 Å². The zero-order valence-electron chi connectivity index (χ0n) is 37.4. The van der Waals surface area contributed by atoms with E-state index in [1.807, 2.05) is 30.3 Å². The normalized spacial score (nSPS) is 17.1. The largest absolute Gasteiger partial charge is 0.497 e. The molecule has 2 heterocycles. The third-order valence-electron chi connectivity index (χ3n) is 11.2. The average molecular weight is 929 g/mol. The molecule has 0 saturated carbocycles. The van der Waals surface area contributed by atoms with Crippen LogP contribution < -0.4 is 24.2 Å². The van der Waals surface area contributed by atoms with Crippen LogP contribution in [0.25, 0.3) is 17.0 Å². The van der Waals surface area contributed by atoms with Crippen LogP contribution in [0.4, 0.5) is 10.5 Å². The Morgan fingerprint density at radius 1 is 0.862 bits per heavy atom. The summed E-state index contributed by atoms with van der Waals surface area (Å²) in [5.41, 5.74) is 9.15. The minimum Gasteiger partial charge on any atom is -0.497 e. The second-order valence-corrected chi connectivity index (χ2v) is 19.7. The molecule has 2 aliphatic rings. The van der Waals surface area contributed by atoms with Gasteiger partial charge in [0.1, 0.15) is 27.7 Å². The lowest BCUT2D eigenvalue weighted by molar-refractivity contribution is 0.0292. The first-order valence-corrected chi connectivity index (χ1v) is 23.8. The Balaban J connectivity index is 1.46. The average Bonchev–Trinajstić information content (AvgIpc) is 3.97. The molecule has 1 aromatic heterocycles. The summed E-state index contributed by atoms with van der Waals surface area (Å²) >= 11 is -2.80. The van der Waals surface area contributed by atoms with Gasteiger partial charge in [-0.1, -0.05) is 48.5 Å². The van der Waals surface area contributed by atoms with Crippen molar-refractivity contribution in [1.29, 1.82) is 0 Å². The molecule has 7 rings (SSSR count). The lowest BCUT2D eigenvalue weighted by Gasteiger charge is -2.32. The summed E-state index contributed by atoms with van der Waals surface area (Å²) in [5, 5.41) is 13.7. The predicted octanol–water partition coefficient (Wildman–Crippen LogP) is 6.65. The number of sulfonamides is 1. The van der Waals surface area contributed by atoms with Crippen molar-refractivity contribution in [3.05, 3.63) is 113 Å². The van der Waals surface area contributed by atoms with Crippen LogP contribution in [0, 0.1) is 0 Å². The maximum absolute atomic E-state index is 16.2. The first-order chi connectivity index (χ1) is 31.1. The van der Waals surface area contributed by atoms with Crippen molar-refractivity contribution in [1.82, 2.24) is 29.4 Å². The number of benzene rings is 4. The highest BCUT2D eigenvalue weighted by Gasteiger charge is 2.41. The molecule has 65 heavy (non-hydrogen) atoms. The van der Waals surface area contributed by atoms with Crippen LogP contribution in [0.15, 0.2) is 95.9 Å². The van der Waals surface area contributed by atoms with Crippen LogP contribution >= 0.6 is 0 Å². The fourth-order valence-corrected chi connectivity index (χ4v) is 10.6. The van der Waals surface area contributed by atoms with Gasteiger partial charge in [0.05, 0.1) is 45.2 Å². The van der Waals surface area contributed by atoms with E-state index in [2.05, 4.69) is 10.3 Å². The Bertz CT molecular complexity index is 2570. The lowest BCUT2D eigenvalue weighted by atomic mass is 9.88. The van der Waals surface area contributed by atoms with Gasteiger partial charge in [-0.2, -0.15) is 9.10 Å². The molecule has 1 amide bonds. The Morgan fingerprint density at radius 2 is 1.43 bits per heavy atom. The number of allylic oxidation sites excluding steroid dienone is 1. The third-order valence-corrected chi connectivity index (χ3v) is 13.9. The van der Waals surface area contributed by atoms with Crippen LogP contribution in [0.3, 0.4) is 0 Å². The number of nitrogens with zero attached hydrogens (tertiary/aromatic N) is 7. The monoisotopic (exact) mass is 928 g/mol. The quantitative estimate of drug-likeness (QED) is 0.0996. The van der Waals surface area contributed by atoms with Gasteiger partial charge in [-0.15, -0.1) is 10.2 Å². The molecule has 346 valence electrons. The number of aromatic nitrogens is 4. The predicted molar refractivity (Wildman–Crippen MR) is 247 cm³/mol. The van der Waals surface area contributed by atoms with E-state index in [9.17, 15) is 13.6 Å². The Kier molecular flexibility index (Phi) is 14.6. The topological polar surface area (TPSA) is 205 Å². The number of carbonyl (C=O) groups excluding carboxylic acids is 1. The SMILES string of the molecule is COc1ccc(CN(Cc2ccc(OC)cc2)S(=O)(=O)c2c(N([C@@H]3CCN(C(=O)OC(C)(C)C)C3)S(=O)O)ccc(C3=C[C@H](N)CCC3)c2-c2nnn(Cc3ccc(OC)cc3)n2)cc1. The van der Waals surface area contributed by atoms with Crippen molar-refractivity contribution in [3.8, 4) is 28.6 Å². The Labute approximate surface area is 382 Å². The Hall–Kier alpha value is -5.86. The molecule has 1 unspecified atom stereocenters. The van der Waals surface area contributed by atoms with Gasteiger partial charge in [-0.05, 0) is 122 Å². The molecule has 3 atom stereocenters. The third kappa shape index (κ3) is 11.2. The smallest absolute Gasteiger partial charge is 0.410 e. The van der Waals surface area contributed by atoms with Crippen molar-refractivity contribution in [3.63, 3.8) is 0 Å². The number of hydrogen-bond acceptors (Lipinski definition) is 12. The number of amides is 1. The van der Waals surface area contributed by atoms with Gasteiger partial charge >= 0.3 is 6.09 Å². The molecular weight excluding hydrogens is 873 g/mol. The number of tetrazole rings is 1. The van der Waals surface area contributed by atoms with E-state index in [-0.39, 0.29) is 67.2 Å². The zero-order chi connectivity index (χ0) is 46.5. The van der Waals surface area contributed by atoms with Gasteiger partial charge in [-0.3, -0.25) is 8.86 Å². The summed E-state index contributed by atoms with van der Waals surface area (Å²) in [6.45, 7) is 5.43.